The topological polar surface area (TPSA) is 101 Å². The summed E-state index contributed by atoms with van der Waals surface area (Å²) in [6, 6.07) is 21.7. The van der Waals surface area contributed by atoms with Crippen molar-refractivity contribution in [1.29, 1.82) is 0 Å². The molecule has 0 bridgehead atoms. The quantitative estimate of drug-likeness (QED) is 0.305. The van der Waals surface area contributed by atoms with Gasteiger partial charge in [-0.05, 0) is 88.2 Å². The predicted molar refractivity (Wildman–Crippen MR) is 181 cm³/mol. The van der Waals surface area contributed by atoms with Gasteiger partial charge in [-0.1, -0.05) is 37.3 Å². The van der Waals surface area contributed by atoms with Gasteiger partial charge < -0.3 is 29.5 Å². The van der Waals surface area contributed by atoms with E-state index in [4.69, 9.17) is 14.2 Å². The molecule has 248 valence electrons. The van der Waals surface area contributed by atoms with Crippen LogP contribution in [-0.2, 0) is 11.3 Å². The minimum atomic E-state index is -0.451. The first-order chi connectivity index (χ1) is 22.2. The summed E-state index contributed by atoms with van der Waals surface area (Å²) >= 11 is 0. The second kappa shape index (κ2) is 17.1. The Morgan fingerprint density at radius 2 is 1.83 bits per heavy atom. The summed E-state index contributed by atoms with van der Waals surface area (Å²) in [6.45, 7) is 8.14. The van der Waals surface area contributed by atoms with Gasteiger partial charge >= 0.3 is 0 Å². The second-order valence-corrected chi connectivity index (χ2v) is 12.4. The van der Waals surface area contributed by atoms with Crippen molar-refractivity contribution in [2.75, 3.05) is 45.8 Å². The molecule has 1 aliphatic heterocycles. The van der Waals surface area contributed by atoms with Gasteiger partial charge in [0, 0.05) is 43.4 Å². The molecule has 9 heteroatoms. The van der Waals surface area contributed by atoms with E-state index in [0.29, 0.717) is 42.3 Å². The van der Waals surface area contributed by atoms with Crippen LogP contribution in [0.1, 0.15) is 66.3 Å². The molecule has 4 atom stereocenters. The lowest BCUT2D eigenvalue weighted by Gasteiger charge is -2.36. The number of ether oxygens (including phenoxy) is 3. The number of nitrogens with zero attached hydrogens (tertiary/aromatic N) is 2. The lowest BCUT2D eigenvalue weighted by molar-refractivity contribution is -0.0177. The summed E-state index contributed by atoms with van der Waals surface area (Å²) in [6.07, 6.45) is 2.35. The molecule has 4 rings (SSSR count). The van der Waals surface area contributed by atoms with Crippen LogP contribution >= 0.6 is 0 Å². The van der Waals surface area contributed by atoms with Crippen molar-refractivity contribution >= 4 is 17.5 Å². The van der Waals surface area contributed by atoms with Gasteiger partial charge in [0.25, 0.3) is 11.8 Å². The molecule has 1 heterocycles. The number of carbonyl (C=O) groups is 2. The third-order valence-electron chi connectivity index (χ3n) is 8.45. The number of rotatable bonds is 9. The first-order valence-electron chi connectivity index (χ1n) is 16.2. The highest BCUT2D eigenvalue weighted by Crippen LogP contribution is 2.29. The van der Waals surface area contributed by atoms with Crippen LogP contribution in [0.3, 0.4) is 0 Å². The summed E-state index contributed by atoms with van der Waals surface area (Å²) < 4.78 is 18.1. The third-order valence-corrected chi connectivity index (χ3v) is 8.45. The van der Waals surface area contributed by atoms with Crippen LogP contribution in [0.25, 0.3) is 0 Å². The molecule has 2 amide bonds. The van der Waals surface area contributed by atoms with Crippen molar-refractivity contribution < 1.29 is 28.9 Å². The zero-order valence-electron chi connectivity index (χ0n) is 27.8. The number of likely N-dealkylation sites (N-methyl/N-ethyl adjacent to an activating group) is 1. The number of amides is 2. The van der Waals surface area contributed by atoms with Gasteiger partial charge in [0.15, 0.2) is 0 Å². The van der Waals surface area contributed by atoms with Crippen molar-refractivity contribution in [2.24, 2.45) is 5.92 Å². The number of hydrogen-bond donors (Lipinski definition) is 2. The molecule has 0 radical (unpaired) electrons. The van der Waals surface area contributed by atoms with E-state index in [-0.39, 0.29) is 36.5 Å². The van der Waals surface area contributed by atoms with E-state index in [2.05, 4.69) is 36.3 Å². The molecule has 2 N–H and O–H groups in total. The van der Waals surface area contributed by atoms with Gasteiger partial charge in [-0.25, -0.2) is 0 Å². The molecule has 1 aliphatic rings. The van der Waals surface area contributed by atoms with E-state index >= 15 is 0 Å². The molecule has 0 unspecified atom stereocenters. The van der Waals surface area contributed by atoms with Crippen molar-refractivity contribution in [1.82, 2.24) is 9.80 Å². The maximum Gasteiger partial charge on any atom is 0.258 e. The van der Waals surface area contributed by atoms with Gasteiger partial charge in [0.1, 0.15) is 11.5 Å². The van der Waals surface area contributed by atoms with Crippen LogP contribution in [-0.4, -0.2) is 85.4 Å². The molecule has 0 aliphatic carbocycles. The van der Waals surface area contributed by atoms with Crippen molar-refractivity contribution in [2.45, 2.75) is 64.8 Å². The van der Waals surface area contributed by atoms with Crippen LogP contribution in [0, 0.1) is 5.92 Å². The van der Waals surface area contributed by atoms with Gasteiger partial charge in [-0.3, -0.25) is 14.5 Å². The molecule has 0 spiro atoms. The maximum absolute atomic E-state index is 14.4. The Bertz CT molecular complexity index is 1400. The Labute approximate surface area is 273 Å². The summed E-state index contributed by atoms with van der Waals surface area (Å²) in [7, 11) is 3.74. The molecule has 3 aromatic carbocycles. The SMILES string of the molecule is COc1ccc(CN(C)C[C@@H]2OCCCC[C@@H](C)Oc3ccc(NC(=O)c4ccccc4)cc3C(=O)N([C@H](C)CO)C[C@H]2C)cc1. The highest BCUT2D eigenvalue weighted by Gasteiger charge is 2.30. The van der Waals surface area contributed by atoms with Crippen LogP contribution < -0.4 is 14.8 Å². The number of fused-ring (bicyclic) bond motifs is 1. The number of anilines is 1. The van der Waals surface area contributed by atoms with Crippen LogP contribution in [0.4, 0.5) is 5.69 Å². The zero-order chi connectivity index (χ0) is 33.1. The van der Waals surface area contributed by atoms with Gasteiger partial charge in [-0.15, -0.1) is 0 Å². The molecule has 0 fully saturated rings. The molecule has 0 saturated heterocycles. The molecule has 9 nitrogen and oxygen atoms in total. The van der Waals surface area contributed by atoms with Gasteiger partial charge in [-0.2, -0.15) is 0 Å². The van der Waals surface area contributed by atoms with Crippen LogP contribution in [0.5, 0.6) is 11.5 Å². The van der Waals surface area contributed by atoms with Gasteiger partial charge in [0.2, 0.25) is 0 Å². The van der Waals surface area contributed by atoms with E-state index in [1.165, 1.54) is 5.56 Å². The molecule has 46 heavy (non-hydrogen) atoms. The van der Waals surface area contributed by atoms with Crippen LogP contribution in [0.15, 0.2) is 72.8 Å². The molecule has 0 aromatic heterocycles. The monoisotopic (exact) mass is 631 g/mol. The maximum atomic E-state index is 14.4. The fourth-order valence-corrected chi connectivity index (χ4v) is 5.67. The molecular weight excluding hydrogens is 582 g/mol. The zero-order valence-corrected chi connectivity index (χ0v) is 27.8. The van der Waals surface area contributed by atoms with Gasteiger partial charge in [0.05, 0.1) is 37.5 Å². The number of carbonyl (C=O) groups excluding carboxylic acids is 2. The first-order valence-corrected chi connectivity index (χ1v) is 16.2. The molecule has 3 aromatic rings. The summed E-state index contributed by atoms with van der Waals surface area (Å²) in [5.74, 6) is 0.708. The van der Waals surface area contributed by atoms with E-state index in [9.17, 15) is 14.7 Å². The predicted octanol–water partition coefficient (Wildman–Crippen LogP) is 5.88. The molecular formula is C37H49N3O6. The Morgan fingerprint density at radius 3 is 2.52 bits per heavy atom. The number of nitrogens with one attached hydrogen (secondary N) is 1. The van der Waals surface area contributed by atoms with Crippen LogP contribution in [0.2, 0.25) is 0 Å². The fourth-order valence-electron chi connectivity index (χ4n) is 5.67. The second-order valence-electron chi connectivity index (χ2n) is 12.4. The Kier molecular flexibility index (Phi) is 13.0. The Hall–Kier alpha value is -3.92. The van der Waals surface area contributed by atoms with Crippen molar-refractivity contribution in [3.05, 3.63) is 89.5 Å². The van der Waals surface area contributed by atoms with E-state index in [0.717, 1.165) is 31.6 Å². The average Bonchev–Trinajstić information content (AvgIpc) is 3.06. The lowest BCUT2D eigenvalue weighted by atomic mass is 10.0. The Morgan fingerprint density at radius 1 is 1.09 bits per heavy atom. The largest absolute Gasteiger partial charge is 0.497 e. The normalized spacial score (nSPS) is 20.3. The Balaban J connectivity index is 1.59. The van der Waals surface area contributed by atoms with E-state index < -0.39 is 6.04 Å². The minimum Gasteiger partial charge on any atom is -0.497 e. The third kappa shape index (κ3) is 9.79. The average molecular weight is 632 g/mol. The smallest absolute Gasteiger partial charge is 0.258 e. The lowest BCUT2D eigenvalue weighted by Crippen LogP contribution is -2.47. The summed E-state index contributed by atoms with van der Waals surface area (Å²) in [5.41, 5.74) is 2.52. The van der Waals surface area contributed by atoms with Crippen molar-refractivity contribution in [3.8, 4) is 11.5 Å². The number of methoxy groups -OCH3 is 1. The minimum absolute atomic E-state index is 0.0385. The number of aliphatic hydroxyl groups excluding tert-OH is 1. The van der Waals surface area contributed by atoms with E-state index in [1.54, 1.807) is 54.5 Å². The standard InChI is InChI=1S/C37H49N3O6/c1-26-22-40(27(2)25-41)37(43)33-21-31(38-36(42)30-12-7-6-8-13-30)16-19-34(33)46-28(3)11-9-10-20-45-35(26)24-39(4)23-29-14-17-32(44-5)18-15-29/h6-8,12-19,21,26-28,35,41H,9-11,20,22-25H2,1-5H3,(H,38,42)/t26-,27-,28-,35+/m1/s1. The highest BCUT2D eigenvalue weighted by atomic mass is 16.5. The summed E-state index contributed by atoms with van der Waals surface area (Å²) in [4.78, 5) is 31.2. The fraction of sp³-hybridized carbons (Fsp3) is 0.459. The number of aliphatic hydroxyl groups is 1. The van der Waals surface area contributed by atoms with Crippen molar-refractivity contribution in [3.63, 3.8) is 0 Å². The number of benzene rings is 3. The molecule has 0 saturated carbocycles. The van der Waals surface area contributed by atoms with E-state index in [1.807, 2.05) is 32.0 Å². The highest BCUT2D eigenvalue weighted by molar-refractivity contribution is 6.05. The first kappa shape index (κ1) is 34.9. The number of hydrogen-bond acceptors (Lipinski definition) is 7. The summed E-state index contributed by atoms with van der Waals surface area (Å²) in [5, 5.41) is 13.2.